The van der Waals surface area contributed by atoms with Crippen LogP contribution in [0.1, 0.15) is 0 Å². The van der Waals surface area contributed by atoms with E-state index in [1.54, 1.807) is 14.1 Å². The molecule has 0 heterocycles. The summed E-state index contributed by atoms with van der Waals surface area (Å²) in [6.45, 7) is 0. The minimum absolute atomic E-state index is 0.750. The summed E-state index contributed by atoms with van der Waals surface area (Å²) in [5.74, 6) is 0. The molecule has 0 spiro atoms. The molecule has 0 saturated carbocycles. The maximum atomic E-state index is 9.43. The topological polar surface area (TPSA) is 20.3 Å². The van der Waals surface area contributed by atoms with Crippen molar-refractivity contribution in [3.63, 3.8) is 0 Å². The van der Waals surface area contributed by atoms with Crippen LogP contribution in [-0.4, -0.2) is 56.2 Å². The van der Waals surface area contributed by atoms with Crippen molar-refractivity contribution < 1.29 is 4.79 Å². The van der Waals surface area contributed by atoms with E-state index in [-0.39, 0.29) is 0 Å². The van der Waals surface area contributed by atoms with E-state index < -0.39 is 30.8 Å². The van der Waals surface area contributed by atoms with E-state index in [1.165, 1.54) is 4.90 Å². The molecule has 0 aliphatic rings. The predicted octanol–water partition coefficient (Wildman–Crippen LogP) is 0.703. The van der Waals surface area contributed by atoms with Crippen molar-refractivity contribution in [2.24, 2.45) is 0 Å². The van der Waals surface area contributed by atoms with Crippen LogP contribution in [0, 0.1) is 0 Å². The van der Waals surface area contributed by atoms with E-state index >= 15 is 0 Å². The van der Waals surface area contributed by atoms with Gasteiger partial charge in [0.25, 0.3) is 0 Å². The zero-order valence-corrected chi connectivity index (χ0v) is 8.62. The van der Waals surface area contributed by atoms with Gasteiger partial charge in [0, 0.05) is 14.1 Å². The van der Waals surface area contributed by atoms with Gasteiger partial charge in [0.15, 0.2) is 0 Å². The van der Waals surface area contributed by atoms with Gasteiger partial charge in [-0.15, -0.1) is 0 Å². The molecule has 0 saturated heterocycles. The molecular formula is C3H7CaCl2NO. The molecule has 0 aliphatic heterocycles. The maximum absolute atomic E-state index is 9.43. The van der Waals surface area contributed by atoms with Gasteiger partial charge < -0.3 is 4.90 Å². The van der Waals surface area contributed by atoms with Gasteiger partial charge in [0.05, 0.1) is 0 Å². The summed E-state index contributed by atoms with van der Waals surface area (Å²) in [5.41, 5.74) is 0. The van der Waals surface area contributed by atoms with Crippen LogP contribution in [0.25, 0.3) is 0 Å². The van der Waals surface area contributed by atoms with Crippen LogP contribution in [0.15, 0.2) is 0 Å². The average Bonchev–Trinajstić information content (AvgIpc) is 1.69. The third kappa shape index (κ3) is 26.6. The Labute approximate surface area is 72.9 Å². The number of carbonyl (C=O) groups excluding carboxylic acids is 1. The van der Waals surface area contributed by atoms with Gasteiger partial charge in [-0.1, -0.05) is 0 Å². The second kappa shape index (κ2) is 11.2. The third-order valence-corrected chi connectivity index (χ3v) is 0.211. The predicted molar refractivity (Wildman–Crippen MR) is 37.2 cm³/mol. The second-order valence-electron chi connectivity index (χ2n) is 1.17. The van der Waals surface area contributed by atoms with E-state index in [1.807, 2.05) is 0 Å². The first-order valence-electron chi connectivity index (χ1n) is 1.92. The Hall–Kier alpha value is 1.31. The van der Waals surface area contributed by atoms with E-state index in [9.17, 15) is 4.79 Å². The fourth-order valence-electron chi connectivity index (χ4n) is 0. The molecule has 2 nitrogen and oxygen atoms in total. The van der Waals surface area contributed by atoms with Crippen molar-refractivity contribution in [1.82, 2.24) is 4.90 Å². The van der Waals surface area contributed by atoms with E-state index in [0.717, 1.165) is 6.41 Å². The summed E-state index contributed by atoms with van der Waals surface area (Å²) < 4.78 is 0. The fraction of sp³-hybridized carbons (Fsp3) is 0.667. The first kappa shape index (κ1) is 12.0. The molecule has 0 aliphatic carbocycles. The van der Waals surface area contributed by atoms with E-state index in [4.69, 9.17) is 12.8 Å². The van der Waals surface area contributed by atoms with E-state index in [2.05, 4.69) is 0 Å². The van der Waals surface area contributed by atoms with Crippen LogP contribution < -0.4 is 0 Å². The van der Waals surface area contributed by atoms with Crippen molar-refractivity contribution in [1.29, 1.82) is 0 Å². The van der Waals surface area contributed by atoms with Crippen molar-refractivity contribution in [3.8, 4) is 0 Å². The molecule has 8 heavy (non-hydrogen) atoms. The molecule has 46 valence electrons. The first-order valence-corrected chi connectivity index (χ1v) is 8.00. The van der Waals surface area contributed by atoms with Crippen molar-refractivity contribution in [3.05, 3.63) is 0 Å². The Morgan fingerprint density at radius 1 is 1.50 bits per heavy atom. The zero-order chi connectivity index (χ0) is 6.99. The Morgan fingerprint density at radius 2 is 1.62 bits per heavy atom. The Balaban J connectivity index is 0. The molecule has 0 unspecified atom stereocenters. The van der Waals surface area contributed by atoms with Gasteiger partial charge in [0.2, 0.25) is 6.41 Å². The third-order valence-electron chi connectivity index (χ3n) is 0.211. The van der Waals surface area contributed by atoms with E-state index in [0.29, 0.717) is 0 Å². The summed E-state index contributed by atoms with van der Waals surface area (Å²) in [4.78, 5) is 10.9. The zero-order valence-electron chi connectivity index (χ0n) is 4.90. The van der Waals surface area contributed by atoms with Gasteiger partial charge in [-0.25, -0.2) is 0 Å². The molecule has 0 aromatic heterocycles. The summed E-state index contributed by atoms with van der Waals surface area (Å²) >= 11 is -0.931. The Kier molecular flexibility index (Phi) is 16.8. The fourth-order valence-corrected chi connectivity index (χ4v) is 0. The number of hydrogen-bond acceptors (Lipinski definition) is 1. The standard InChI is InChI=1S/C3H7NO.Ca.2ClH/c1-4(2)3-5;;;/h3H,1-2H3;;2*1H/q;+2;;/p-2. The Morgan fingerprint density at radius 3 is 1.62 bits per heavy atom. The van der Waals surface area contributed by atoms with Crippen molar-refractivity contribution in [2.45, 2.75) is 0 Å². The first-order chi connectivity index (χ1) is 3.68. The molecule has 0 atom stereocenters. The van der Waals surface area contributed by atoms with Gasteiger partial charge in [0.1, 0.15) is 0 Å². The molecule has 5 heteroatoms. The molecule has 0 radical (unpaired) electrons. The van der Waals surface area contributed by atoms with Crippen LogP contribution in [0.2, 0.25) is 0 Å². The monoisotopic (exact) mass is 183 g/mol. The van der Waals surface area contributed by atoms with Crippen LogP contribution in [0.3, 0.4) is 0 Å². The number of hydrogen-bond donors (Lipinski definition) is 0. The number of nitrogens with zero attached hydrogens (tertiary/aromatic N) is 1. The molecule has 0 rings (SSSR count). The number of halogens is 2. The summed E-state index contributed by atoms with van der Waals surface area (Å²) in [5, 5.41) is 0. The van der Waals surface area contributed by atoms with Gasteiger partial charge >= 0.3 is 43.6 Å². The normalized spacial score (nSPS) is 5.50. The van der Waals surface area contributed by atoms with Crippen LogP contribution in [0.5, 0.6) is 0 Å². The quantitative estimate of drug-likeness (QED) is 0.434. The molecule has 0 N–H and O–H groups in total. The molecular weight excluding hydrogens is 177 g/mol. The van der Waals surface area contributed by atoms with Crippen molar-refractivity contribution >= 4 is 50.0 Å². The number of amides is 1. The van der Waals surface area contributed by atoms with Crippen LogP contribution >= 0.6 is 12.8 Å². The molecule has 0 aromatic carbocycles. The van der Waals surface area contributed by atoms with Gasteiger partial charge in [-0.2, -0.15) is 0 Å². The number of carbonyl (C=O) groups is 1. The summed E-state index contributed by atoms with van der Waals surface area (Å²) in [6, 6.07) is 0. The Bertz CT molecular complexity index is 52.5. The van der Waals surface area contributed by atoms with Crippen molar-refractivity contribution in [2.75, 3.05) is 14.1 Å². The molecule has 0 bridgehead atoms. The summed E-state index contributed by atoms with van der Waals surface area (Å²) in [7, 11) is 3.38. The van der Waals surface area contributed by atoms with Gasteiger partial charge in [-0.05, 0) is 0 Å². The number of rotatable bonds is 1. The second-order valence-corrected chi connectivity index (χ2v) is 4.82. The van der Waals surface area contributed by atoms with Crippen LogP contribution in [0.4, 0.5) is 0 Å². The SMILES string of the molecule is CN(C)C=O.[Cl][Ca][Cl]. The van der Waals surface area contributed by atoms with Gasteiger partial charge in [-0.3, -0.25) is 4.79 Å². The minimum atomic E-state index is -0.931. The molecule has 1 amide bonds. The molecule has 0 fully saturated rings. The summed E-state index contributed by atoms with van der Waals surface area (Å²) in [6.07, 6.45) is 10.7. The molecule has 0 aromatic rings. The average molecular weight is 184 g/mol. The van der Waals surface area contributed by atoms with Crippen LogP contribution in [-0.2, 0) is 4.79 Å².